The molecule has 0 N–H and O–H groups in total. The van der Waals surface area contributed by atoms with E-state index in [1.807, 2.05) is 12.2 Å². The maximum atomic E-state index is 3.70. The van der Waals surface area contributed by atoms with Gasteiger partial charge in [0.15, 0.2) is 0 Å². The first kappa shape index (κ1) is 4.14. The van der Waals surface area contributed by atoms with Crippen molar-refractivity contribution in [1.82, 2.24) is 0 Å². The Labute approximate surface area is 42.4 Å². The van der Waals surface area contributed by atoms with Gasteiger partial charge < -0.3 is 0 Å². The Kier molecular flexibility index (Phi) is 1.30. The maximum Gasteiger partial charge on any atom is 0.0381 e. The van der Waals surface area contributed by atoms with E-state index >= 15 is 0 Å². The molecule has 1 heteroatoms. The Hall–Kier alpha value is -1.03. The molecule has 0 saturated carbocycles. The molecule has 0 fully saturated rings. The van der Waals surface area contributed by atoms with Crippen LogP contribution in [-0.2, 0) is 0 Å². The molecule has 7 heavy (non-hydrogen) atoms. The lowest BCUT2D eigenvalue weighted by Crippen LogP contribution is -1.48. The van der Waals surface area contributed by atoms with Gasteiger partial charge in [-0.25, -0.2) is 4.99 Å². The highest BCUT2D eigenvalue weighted by Crippen LogP contribution is 1.84. The molecule has 0 spiro atoms. The summed E-state index contributed by atoms with van der Waals surface area (Å²) in [7, 11) is 0. The number of hydrogen-bond acceptors (Lipinski definition) is 1. The fraction of sp³-hybridized carbons (Fsp3) is 0.167. The Morgan fingerprint density at radius 2 is 2.57 bits per heavy atom. The molecule has 1 aliphatic rings. The van der Waals surface area contributed by atoms with Gasteiger partial charge in [0.05, 0.1) is 0 Å². The number of hydrogen-bond donors (Lipinski definition) is 0. The zero-order chi connectivity index (χ0) is 4.95. The minimum absolute atomic E-state index is 0.927. The van der Waals surface area contributed by atoms with E-state index in [2.05, 4.69) is 16.6 Å². The molecule has 1 aliphatic heterocycles. The van der Waals surface area contributed by atoms with Crippen LogP contribution in [0.2, 0.25) is 0 Å². The SMILES string of the molecule is C1=C=NC=CCC=1. The third kappa shape index (κ3) is 1.23. The summed E-state index contributed by atoms with van der Waals surface area (Å²) >= 11 is 0. The third-order valence-corrected chi connectivity index (χ3v) is 0.665. The average molecular weight is 91.1 g/mol. The van der Waals surface area contributed by atoms with E-state index in [1.54, 1.807) is 6.20 Å². The summed E-state index contributed by atoms with van der Waals surface area (Å²) in [6, 6.07) is 0. The summed E-state index contributed by atoms with van der Waals surface area (Å²) in [6.07, 6.45) is 6.48. The molecule has 0 aromatic rings. The molecular weight excluding hydrogens is 86.1 g/mol. The van der Waals surface area contributed by atoms with E-state index in [-0.39, 0.29) is 0 Å². The summed E-state index contributed by atoms with van der Waals surface area (Å²) in [6.45, 7) is 0. The summed E-state index contributed by atoms with van der Waals surface area (Å²) in [5, 5.41) is 0. The van der Waals surface area contributed by atoms with Gasteiger partial charge in [0.1, 0.15) is 0 Å². The predicted molar refractivity (Wildman–Crippen MR) is 29.3 cm³/mol. The minimum Gasteiger partial charge on any atom is -0.206 e. The van der Waals surface area contributed by atoms with Crippen LogP contribution in [0.5, 0.6) is 0 Å². The summed E-state index contributed by atoms with van der Waals surface area (Å²) in [5.41, 5.74) is 2.74. The molecule has 1 nitrogen and oxygen atoms in total. The maximum absolute atomic E-state index is 3.70. The number of rotatable bonds is 0. The van der Waals surface area contributed by atoms with Crippen LogP contribution >= 0.6 is 0 Å². The first-order valence-electron chi connectivity index (χ1n) is 2.17. The van der Waals surface area contributed by atoms with E-state index in [1.165, 1.54) is 0 Å². The monoisotopic (exact) mass is 91.0 g/mol. The van der Waals surface area contributed by atoms with Crippen molar-refractivity contribution < 1.29 is 0 Å². The fourth-order valence-corrected chi connectivity index (χ4v) is 0.361. The van der Waals surface area contributed by atoms with Crippen molar-refractivity contribution in [2.24, 2.45) is 4.99 Å². The van der Waals surface area contributed by atoms with Crippen LogP contribution in [0.4, 0.5) is 0 Å². The van der Waals surface area contributed by atoms with Crippen molar-refractivity contribution in [3.63, 3.8) is 0 Å². The van der Waals surface area contributed by atoms with Gasteiger partial charge in [-0.05, 0) is 12.5 Å². The summed E-state index contributed by atoms with van der Waals surface area (Å²) in [5.74, 6) is 2.58. The smallest absolute Gasteiger partial charge is 0.0381 e. The lowest BCUT2D eigenvalue weighted by atomic mass is 10.4. The van der Waals surface area contributed by atoms with Crippen LogP contribution < -0.4 is 0 Å². The molecule has 0 aromatic carbocycles. The van der Waals surface area contributed by atoms with Gasteiger partial charge in [-0.1, -0.05) is 11.8 Å². The van der Waals surface area contributed by atoms with Crippen LogP contribution in [0.1, 0.15) is 6.42 Å². The molecule has 0 aliphatic carbocycles. The highest BCUT2D eigenvalue weighted by atomic mass is 14.6. The van der Waals surface area contributed by atoms with Gasteiger partial charge in [-0.15, -0.1) is 0 Å². The molecule has 0 bridgehead atoms. The molecule has 0 aromatic heterocycles. The number of nitrogens with zero attached hydrogens (tertiary/aromatic N) is 1. The van der Waals surface area contributed by atoms with Crippen molar-refractivity contribution in [3.8, 4) is 0 Å². The number of allylic oxidation sites excluding steroid dienone is 2. The molecule has 0 unspecified atom stereocenters. The van der Waals surface area contributed by atoms with Gasteiger partial charge in [-0.3, -0.25) is 0 Å². The van der Waals surface area contributed by atoms with Gasteiger partial charge in [0, 0.05) is 12.1 Å². The molecule has 0 atom stereocenters. The molecular formula is C6H5N. The second kappa shape index (κ2) is 2.20. The average Bonchev–Trinajstić information content (AvgIpc) is 1.90. The molecule has 0 saturated heterocycles. The van der Waals surface area contributed by atoms with E-state index in [0.717, 1.165) is 6.42 Å². The minimum atomic E-state index is 0.927. The van der Waals surface area contributed by atoms with Crippen LogP contribution in [0.3, 0.4) is 0 Å². The zero-order valence-electron chi connectivity index (χ0n) is 3.89. The first-order valence-corrected chi connectivity index (χ1v) is 2.17. The van der Waals surface area contributed by atoms with Crippen molar-refractivity contribution in [1.29, 1.82) is 0 Å². The van der Waals surface area contributed by atoms with Gasteiger partial charge in [-0.2, -0.15) is 0 Å². The van der Waals surface area contributed by atoms with E-state index in [9.17, 15) is 0 Å². The molecule has 34 valence electrons. The normalized spacial score (nSPS) is 14.9. The predicted octanol–water partition coefficient (Wildman–Crippen LogP) is 1.28. The Morgan fingerprint density at radius 3 is 3.57 bits per heavy atom. The molecule has 1 heterocycles. The van der Waals surface area contributed by atoms with Crippen LogP contribution in [-0.4, -0.2) is 5.87 Å². The summed E-state index contributed by atoms with van der Waals surface area (Å²) < 4.78 is 0. The van der Waals surface area contributed by atoms with E-state index in [0.29, 0.717) is 0 Å². The Bertz CT molecular complexity index is 165. The zero-order valence-corrected chi connectivity index (χ0v) is 3.89. The second-order valence-electron chi connectivity index (χ2n) is 1.21. The van der Waals surface area contributed by atoms with Crippen molar-refractivity contribution in [2.45, 2.75) is 6.42 Å². The van der Waals surface area contributed by atoms with E-state index < -0.39 is 0 Å². The van der Waals surface area contributed by atoms with Gasteiger partial charge in [0.2, 0.25) is 0 Å². The Balaban J connectivity index is 2.88. The highest BCUT2D eigenvalue weighted by molar-refractivity contribution is 5.51. The fourth-order valence-electron chi connectivity index (χ4n) is 0.361. The van der Waals surface area contributed by atoms with Gasteiger partial charge >= 0.3 is 0 Å². The second-order valence-corrected chi connectivity index (χ2v) is 1.21. The topological polar surface area (TPSA) is 12.4 Å². The number of aliphatic imine (C=N–C) groups is 1. The quantitative estimate of drug-likeness (QED) is 0.398. The first-order chi connectivity index (χ1) is 3.50. The summed E-state index contributed by atoms with van der Waals surface area (Å²) in [4.78, 5) is 3.70. The Morgan fingerprint density at radius 1 is 1.57 bits per heavy atom. The lowest BCUT2D eigenvalue weighted by molar-refractivity contribution is 1.38. The van der Waals surface area contributed by atoms with Crippen molar-refractivity contribution in [2.75, 3.05) is 0 Å². The molecule has 1 rings (SSSR count). The largest absolute Gasteiger partial charge is 0.206 e. The highest BCUT2D eigenvalue weighted by Gasteiger charge is 1.67. The van der Waals surface area contributed by atoms with Crippen molar-refractivity contribution in [3.05, 3.63) is 24.1 Å². The van der Waals surface area contributed by atoms with E-state index in [4.69, 9.17) is 0 Å². The van der Waals surface area contributed by atoms with Crippen LogP contribution in [0.25, 0.3) is 0 Å². The van der Waals surface area contributed by atoms with Crippen molar-refractivity contribution >= 4 is 5.87 Å². The third-order valence-electron chi connectivity index (χ3n) is 0.665. The molecule has 0 radical (unpaired) electrons. The van der Waals surface area contributed by atoms with Crippen LogP contribution in [0, 0.1) is 0 Å². The standard InChI is InChI=1S/C6H5N/c1-2-4-6-7-5-3-1/h1,4,6H,2H2. The van der Waals surface area contributed by atoms with Gasteiger partial charge in [0.25, 0.3) is 0 Å². The van der Waals surface area contributed by atoms with Crippen LogP contribution in [0.15, 0.2) is 29.1 Å². The lowest BCUT2D eigenvalue weighted by Gasteiger charge is -1.67. The molecule has 0 amide bonds.